The molecule has 1 heterocycles. The van der Waals surface area contributed by atoms with Gasteiger partial charge in [-0.25, -0.2) is 17.5 Å². The summed E-state index contributed by atoms with van der Waals surface area (Å²) in [4.78, 5) is 25.3. The first kappa shape index (κ1) is 24.5. The third-order valence-corrected chi connectivity index (χ3v) is 7.95. The minimum absolute atomic E-state index is 0.00861. The number of nitrogens with one attached hydrogen (secondary N) is 1. The van der Waals surface area contributed by atoms with Crippen LogP contribution in [0.4, 0.5) is 0 Å². The number of carboxylic acid groups (broad SMARTS) is 1. The Hall–Kier alpha value is -2.13. The Bertz CT molecular complexity index is 1120. The predicted molar refractivity (Wildman–Crippen MR) is 122 cm³/mol. The third-order valence-electron chi connectivity index (χ3n) is 5.43. The van der Waals surface area contributed by atoms with E-state index < -0.39 is 34.0 Å². The number of carboxylic acids is 1. The number of hydrogen-bond donors (Lipinski definition) is 2. The second kappa shape index (κ2) is 10.2. The van der Waals surface area contributed by atoms with Gasteiger partial charge in [0, 0.05) is 11.6 Å². The molecule has 2 aromatic carbocycles. The van der Waals surface area contributed by atoms with Crippen molar-refractivity contribution in [2.45, 2.75) is 56.1 Å². The van der Waals surface area contributed by atoms with E-state index in [1.54, 1.807) is 0 Å². The minimum atomic E-state index is -4.58. The van der Waals surface area contributed by atoms with E-state index in [-0.39, 0.29) is 27.8 Å². The summed E-state index contributed by atoms with van der Waals surface area (Å²) in [6.07, 6.45) is 1.31. The summed E-state index contributed by atoms with van der Waals surface area (Å²) >= 11 is 12.0. The fraction of sp³-hybridized carbons (Fsp3) is 0.364. The zero-order valence-corrected chi connectivity index (χ0v) is 19.8. The lowest BCUT2D eigenvalue weighted by Gasteiger charge is -2.34. The Kier molecular flexibility index (Phi) is 7.82. The van der Waals surface area contributed by atoms with Gasteiger partial charge in [-0.3, -0.25) is 4.79 Å². The van der Waals surface area contributed by atoms with Crippen LogP contribution in [0.25, 0.3) is 0 Å². The molecule has 0 saturated carbocycles. The number of halogens is 2. The molecular formula is C22H24Cl2N2O5S. The van der Waals surface area contributed by atoms with Crippen LogP contribution in [-0.2, 0) is 32.6 Å². The van der Waals surface area contributed by atoms with Gasteiger partial charge in [-0.2, -0.15) is 0 Å². The highest BCUT2D eigenvalue weighted by Crippen LogP contribution is 2.31. The van der Waals surface area contributed by atoms with Crippen LogP contribution in [0.15, 0.2) is 47.4 Å². The zero-order valence-electron chi connectivity index (χ0n) is 17.4. The van der Waals surface area contributed by atoms with Crippen molar-refractivity contribution >= 4 is 45.1 Å². The lowest BCUT2D eigenvalue weighted by molar-refractivity contribution is -0.147. The summed E-state index contributed by atoms with van der Waals surface area (Å²) in [5.41, 5.74) is 1.92. The van der Waals surface area contributed by atoms with E-state index in [4.69, 9.17) is 23.2 Å². The zero-order chi connectivity index (χ0) is 23.5. The molecule has 0 spiro atoms. The molecule has 0 radical (unpaired) electrons. The molecule has 7 nitrogen and oxygen atoms in total. The van der Waals surface area contributed by atoms with E-state index in [2.05, 4.69) is 5.32 Å². The maximum absolute atomic E-state index is 13.6. The van der Waals surface area contributed by atoms with Crippen molar-refractivity contribution in [1.29, 1.82) is 0 Å². The van der Waals surface area contributed by atoms with Gasteiger partial charge < -0.3 is 10.4 Å². The van der Waals surface area contributed by atoms with Crippen LogP contribution in [0, 0.1) is 0 Å². The van der Waals surface area contributed by atoms with Gasteiger partial charge in [-0.05, 0) is 42.2 Å². The van der Waals surface area contributed by atoms with E-state index in [1.807, 2.05) is 31.2 Å². The van der Waals surface area contributed by atoms with E-state index in [1.165, 1.54) is 18.2 Å². The molecule has 1 aliphatic heterocycles. The number of hydrogen-bond acceptors (Lipinski definition) is 5. The molecule has 3 rings (SSSR count). The molecule has 0 bridgehead atoms. The molecule has 32 heavy (non-hydrogen) atoms. The van der Waals surface area contributed by atoms with Gasteiger partial charge in [-0.15, -0.1) is 0 Å². The molecule has 2 N–H and O–H groups in total. The summed E-state index contributed by atoms with van der Waals surface area (Å²) < 4.78 is 27.7. The lowest BCUT2D eigenvalue weighted by Crippen LogP contribution is -2.56. The van der Waals surface area contributed by atoms with Crippen LogP contribution in [0.1, 0.15) is 37.3 Å². The van der Waals surface area contributed by atoms with Crippen molar-refractivity contribution in [2.24, 2.45) is 0 Å². The average Bonchev–Trinajstić information content (AvgIpc) is 2.75. The maximum Gasteiger partial charge on any atom is 0.327 e. The van der Waals surface area contributed by atoms with Crippen molar-refractivity contribution in [3.63, 3.8) is 0 Å². The van der Waals surface area contributed by atoms with Crippen LogP contribution in [0.3, 0.4) is 0 Å². The smallest absolute Gasteiger partial charge is 0.327 e. The number of nitrogens with zero attached hydrogens (tertiary/aromatic N) is 1. The largest absolute Gasteiger partial charge is 0.480 e. The summed E-state index contributed by atoms with van der Waals surface area (Å²) in [5, 5.41) is 13.0. The predicted octanol–water partition coefficient (Wildman–Crippen LogP) is 3.87. The van der Waals surface area contributed by atoms with Gasteiger partial charge in [0.05, 0.1) is 11.1 Å². The monoisotopic (exact) mass is 498 g/mol. The fourth-order valence-corrected chi connectivity index (χ4v) is 6.10. The van der Waals surface area contributed by atoms with E-state index >= 15 is 0 Å². The first-order valence-corrected chi connectivity index (χ1v) is 12.4. The van der Waals surface area contributed by atoms with Gasteiger partial charge in [0.2, 0.25) is 0 Å². The Morgan fingerprint density at radius 3 is 2.50 bits per heavy atom. The number of unbranched alkanes of at least 4 members (excludes halogenated alkanes) is 1. The van der Waals surface area contributed by atoms with Crippen LogP contribution in [0.2, 0.25) is 10.0 Å². The van der Waals surface area contributed by atoms with Crippen molar-refractivity contribution in [3.05, 3.63) is 63.6 Å². The molecule has 0 aromatic heterocycles. The van der Waals surface area contributed by atoms with E-state index in [0.717, 1.165) is 11.1 Å². The third kappa shape index (κ3) is 5.09. The number of carbonyl (C=O) groups excluding carboxylic acids is 1. The summed E-state index contributed by atoms with van der Waals surface area (Å²) in [7, 11) is -4.58. The van der Waals surface area contributed by atoms with Crippen LogP contribution in [-0.4, -0.2) is 41.8 Å². The van der Waals surface area contributed by atoms with Crippen LogP contribution in [0.5, 0.6) is 0 Å². The second-order valence-electron chi connectivity index (χ2n) is 7.62. The lowest BCUT2D eigenvalue weighted by atomic mass is 9.95. The van der Waals surface area contributed by atoms with Crippen molar-refractivity contribution in [1.82, 2.24) is 9.62 Å². The number of rotatable bonds is 8. The summed E-state index contributed by atoms with van der Waals surface area (Å²) in [6, 6.07) is 8.83. The van der Waals surface area contributed by atoms with Gasteiger partial charge in [0.25, 0.3) is 15.9 Å². The molecule has 1 amide bonds. The molecule has 0 fully saturated rings. The highest BCUT2D eigenvalue weighted by Gasteiger charge is 2.43. The topological polar surface area (TPSA) is 104 Å². The summed E-state index contributed by atoms with van der Waals surface area (Å²) in [6.45, 7) is 2.23. The second-order valence-corrected chi connectivity index (χ2v) is 10.2. The standard InChI is InChI=1S/C22H24Cl2N2O5S/c1-2-3-8-19(22(28)29)26(32(30,31)20-10-9-16(23)12-17(20)24)21(27)18-11-14-6-4-5-7-15(14)13-25-18/h4-7,9-10,12,18-19,25H,2-3,8,11,13H2,1H3,(H,28,29)/t18-,19-/m0/s1. The van der Waals surface area contributed by atoms with Crippen molar-refractivity contribution < 1.29 is 23.1 Å². The Labute approximate surface area is 197 Å². The van der Waals surface area contributed by atoms with Gasteiger partial charge in [0.15, 0.2) is 0 Å². The Morgan fingerprint density at radius 2 is 1.88 bits per heavy atom. The number of carbonyl (C=O) groups is 2. The van der Waals surface area contributed by atoms with Crippen LogP contribution >= 0.6 is 23.2 Å². The minimum Gasteiger partial charge on any atom is -0.480 e. The first-order valence-electron chi connectivity index (χ1n) is 10.2. The molecule has 0 aliphatic carbocycles. The Balaban J connectivity index is 2.06. The number of sulfonamides is 1. The van der Waals surface area contributed by atoms with E-state index in [9.17, 15) is 23.1 Å². The number of benzene rings is 2. The van der Waals surface area contributed by atoms with Gasteiger partial charge in [0.1, 0.15) is 10.9 Å². The molecule has 2 atom stereocenters. The van der Waals surface area contributed by atoms with E-state index in [0.29, 0.717) is 23.7 Å². The number of aliphatic carboxylic acids is 1. The molecule has 172 valence electrons. The highest BCUT2D eigenvalue weighted by molar-refractivity contribution is 7.89. The molecule has 10 heteroatoms. The fourth-order valence-electron chi connectivity index (χ4n) is 3.75. The normalized spacial score (nSPS) is 16.8. The van der Waals surface area contributed by atoms with Crippen LogP contribution < -0.4 is 5.32 Å². The highest BCUT2D eigenvalue weighted by atomic mass is 35.5. The van der Waals surface area contributed by atoms with Gasteiger partial charge in [-0.1, -0.05) is 67.2 Å². The summed E-state index contributed by atoms with van der Waals surface area (Å²) in [5.74, 6) is -2.22. The maximum atomic E-state index is 13.6. The quantitative estimate of drug-likeness (QED) is 0.572. The Morgan fingerprint density at radius 1 is 1.19 bits per heavy atom. The molecule has 2 aromatic rings. The van der Waals surface area contributed by atoms with Crippen molar-refractivity contribution in [3.8, 4) is 0 Å². The molecular weight excluding hydrogens is 475 g/mol. The average molecular weight is 499 g/mol. The number of fused-ring (bicyclic) bond motifs is 1. The molecule has 0 unspecified atom stereocenters. The van der Waals surface area contributed by atoms with Crippen molar-refractivity contribution in [2.75, 3.05) is 0 Å². The molecule has 1 aliphatic rings. The molecule has 0 saturated heterocycles. The SMILES string of the molecule is CCCC[C@@H](C(=O)O)N(C(=O)[C@@H]1Cc2ccccc2CN1)S(=O)(=O)c1ccc(Cl)cc1Cl. The number of amides is 1. The van der Waals surface area contributed by atoms with Gasteiger partial charge >= 0.3 is 5.97 Å². The first-order chi connectivity index (χ1) is 15.2.